The summed E-state index contributed by atoms with van der Waals surface area (Å²) in [4.78, 5) is 0. The molecule has 0 amide bonds. The Labute approximate surface area is 181 Å². The van der Waals surface area contributed by atoms with Gasteiger partial charge in [0.1, 0.15) is 0 Å². The van der Waals surface area contributed by atoms with Gasteiger partial charge in [-0.15, -0.1) is 0 Å². The number of hydrogen-bond acceptors (Lipinski definition) is 1. The van der Waals surface area contributed by atoms with Gasteiger partial charge in [-0.3, -0.25) is 0 Å². The Morgan fingerprint density at radius 2 is 1.72 bits per heavy atom. The standard InChI is InChI=1S/C14H20.C12H20O.C2H6/c1-2-3-5-12-8-10-14(11-9-12)13-6-4-7-13;1-9(13-3)12(2)8-10-4-6-11(12)7-5-10;1-2/h8-11,13H,2-7H2,1H3;4,6,9-11H,5,7-8H2,1-3H3;1-2H3. The number of methoxy groups -OCH3 is 1. The topological polar surface area (TPSA) is 9.23 Å². The molecule has 1 heteroatoms. The average Bonchev–Trinajstić information content (AvgIpc) is 2.74. The molecule has 2 bridgehead atoms. The van der Waals surface area contributed by atoms with Crippen molar-refractivity contribution in [3.8, 4) is 0 Å². The normalized spacial score (nSPS) is 28.5. The molecular weight excluding hydrogens is 352 g/mol. The van der Waals surface area contributed by atoms with Crippen molar-refractivity contribution in [3.05, 3.63) is 47.5 Å². The largest absolute Gasteiger partial charge is 0.381 e. The van der Waals surface area contributed by atoms with Crippen molar-refractivity contribution in [3.63, 3.8) is 0 Å². The van der Waals surface area contributed by atoms with E-state index in [1.807, 2.05) is 21.0 Å². The molecule has 0 heterocycles. The Morgan fingerprint density at radius 3 is 2.14 bits per heavy atom. The van der Waals surface area contributed by atoms with E-state index < -0.39 is 0 Å². The first-order valence-corrected chi connectivity index (χ1v) is 12.4. The van der Waals surface area contributed by atoms with E-state index >= 15 is 0 Å². The van der Waals surface area contributed by atoms with Crippen LogP contribution < -0.4 is 0 Å². The van der Waals surface area contributed by atoms with Gasteiger partial charge in [-0.2, -0.15) is 0 Å². The average molecular weight is 399 g/mol. The first-order valence-electron chi connectivity index (χ1n) is 12.4. The maximum atomic E-state index is 5.51. The Hall–Kier alpha value is -1.08. The summed E-state index contributed by atoms with van der Waals surface area (Å²) in [7, 11) is 1.84. The van der Waals surface area contributed by atoms with E-state index in [0.717, 1.165) is 17.8 Å². The van der Waals surface area contributed by atoms with Gasteiger partial charge in [0.05, 0.1) is 6.10 Å². The minimum Gasteiger partial charge on any atom is -0.381 e. The molecule has 0 aromatic heterocycles. The van der Waals surface area contributed by atoms with Crippen molar-refractivity contribution in [2.75, 3.05) is 7.11 Å². The van der Waals surface area contributed by atoms with Crippen LogP contribution >= 0.6 is 0 Å². The molecule has 1 aromatic carbocycles. The second-order valence-corrected chi connectivity index (χ2v) is 9.39. The van der Waals surface area contributed by atoms with Crippen molar-refractivity contribution >= 4 is 0 Å². The highest BCUT2D eigenvalue weighted by molar-refractivity contribution is 5.26. The molecule has 1 aromatic rings. The second-order valence-electron chi connectivity index (χ2n) is 9.39. The van der Waals surface area contributed by atoms with Crippen LogP contribution in [0.25, 0.3) is 0 Å². The van der Waals surface area contributed by atoms with E-state index in [0.29, 0.717) is 11.5 Å². The summed E-state index contributed by atoms with van der Waals surface area (Å²) >= 11 is 0. The van der Waals surface area contributed by atoms with Crippen LogP contribution in [0.2, 0.25) is 0 Å². The molecule has 0 N–H and O–H groups in total. The van der Waals surface area contributed by atoms with Crippen molar-refractivity contribution in [2.24, 2.45) is 17.3 Å². The minimum absolute atomic E-state index is 0.394. The van der Waals surface area contributed by atoms with Gasteiger partial charge < -0.3 is 4.74 Å². The summed E-state index contributed by atoms with van der Waals surface area (Å²) in [6.45, 7) is 10.9. The van der Waals surface area contributed by atoms with E-state index in [2.05, 4.69) is 57.2 Å². The molecular formula is C28H46O. The Kier molecular flexibility index (Phi) is 9.96. The fourth-order valence-corrected chi connectivity index (χ4v) is 5.13. The molecule has 4 unspecified atom stereocenters. The number of benzene rings is 1. The summed E-state index contributed by atoms with van der Waals surface area (Å²) in [6, 6.07) is 9.33. The second kappa shape index (κ2) is 11.9. The fourth-order valence-electron chi connectivity index (χ4n) is 5.13. The first-order chi connectivity index (χ1) is 14.1. The molecule has 0 radical (unpaired) electrons. The third-order valence-electron chi connectivity index (χ3n) is 7.67. The number of fused-ring (bicyclic) bond motifs is 2. The SMILES string of the molecule is CC.CCCCc1ccc(C2CCC2)cc1.COC(C)C1(C)CC2C=CC1CC2. The lowest BCUT2D eigenvalue weighted by atomic mass is 9.58. The number of unbranched alkanes of at least 4 members (excludes halogenated alkanes) is 1. The lowest BCUT2D eigenvalue weighted by molar-refractivity contribution is -0.0488. The third kappa shape index (κ3) is 6.20. The van der Waals surface area contributed by atoms with Crippen molar-refractivity contribution in [1.29, 1.82) is 0 Å². The van der Waals surface area contributed by atoms with Crippen LogP contribution in [-0.2, 0) is 11.2 Å². The molecule has 2 fully saturated rings. The fraction of sp³-hybridized carbons (Fsp3) is 0.714. The van der Waals surface area contributed by atoms with Gasteiger partial charge in [0.25, 0.3) is 0 Å². The van der Waals surface area contributed by atoms with Gasteiger partial charge in [0.2, 0.25) is 0 Å². The number of ether oxygens (including phenoxy) is 1. The van der Waals surface area contributed by atoms with Crippen LogP contribution in [0.1, 0.15) is 103 Å². The Balaban J connectivity index is 0.000000191. The maximum Gasteiger partial charge on any atom is 0.0602 e. The zero-order chi connectivity index (χ0) is 21.3. The summed E-state index contributed by atoms with van der Waals surface area (Å²) in [6.07, 6.45) is 17.4. The van der Waals surface area contributed by atoms with E-state index in [1.165, 1.54) is 63.4 Å². The summed E-state index contributed by atoms with van der Waals surface area (Å²) in [5.74, 6) is 2.47. The van der Waals surface area contributed by atoms with E-state index in [-0.39, 0.29) is 0 Å². The van der Waals surface area contributed by atoms with Gasteiger partial charge in [-0.05, 0) is 80.8 Å². The van der Waals surface area contributed by atoms with Crippen molar-refractivity contribution < 1.29 is 4.74 Å². The van der Waals surface area contributed by atoms with Gasteiger partial charge in [0, 0.05) is 12.5 Å². The molecule has 164 valence electrons. The van der Waals surface area contributed by atoms with Crippen LogP contribution in [0.5, 0.6) is 0 Å². The highest BCUT2D eigenvalue weighted by atomic mass is 16.5. The molecule has 4 aliphatic carbocycles. The van der Waals surface area contributed by atoms with Crippen LogP contribution in [-0.4, -0.2) is 13.2 Å². The van der Waals surface area contributed by atoms with Crippen molar-refractivity contribution in [2.45, 2.75) is 104 Å². The molecule has 1 nitrogen and oxygen atoms in total. The highest BCUT2D eigenvalue weighted by Gasteiger charge is 2.45. The number of hydrogen-bond donors (Lipinski definition) is 0. The van der Waals surface area contributed by atoms with Gasteiger partial charge in [-0.25, -0.2) is 0 Å². The molecule has 4 aliphatic rings. The van der Waals surface area contributed by atoms with E-state index in [9.17, 15) is 0 Å². The lowest BCUT2D eigenvalue weighted by Gasteiger charge is -2.49. The van der Waals surface area contributed by atoms with Crippen LogP contribution in [0.3, 0.4) is 0 Å². The number of allylic oxidation sites excluding steroid dienone is 2. The van der Waals surface area contributed by atoms with Gasteiger partial charge in [-0.1, -0.05) is 77.0 Å². The zero-order valence-corrected chi connectivity index (χ0v) is 20.0. The predicted octanol–water partition coefficient (Wildman–Crippen LogP) is 8.34. The predicted molar refractivity (Wildman–Crippen MR) is 128 cm³/mol. The van der Waals surface area contributed by atoms with E-state index in [1.54, 1.807) is 5.56 Å². The number of aryl methyl sites for hydroxylation is 1. The van der Waals surface area contributed by atoms with Crippen LogP contribution in [0.15, 0.2) is 36.4 Å². The molecule has 0 aliphatic heterocycles. The van der Waals surface area contributed by atoms with Crippen LogP contribution in [0, 0.1) is 17.3 Å². The summed E-state index contributed by atoms with van der Waals surface area (Å²) in [5.41, 5.74) is 3.47. The van der Waals surface area contributed by atoms with Gasteiger partial charge in [0.15, 0.2) is 0 Å². The number of rotatable bonds is 6. The van der Waals surface area contributed by atoms with Crippen LogP contribution in [0.4, 0.5) is 0 Å². The Morgan fingerprint density at radius 1 is 1.03 bits per heavy atom. The lowest BCUT2D eigenvalue weighted by Crippen LogP contribution is -2.44. The molecule has 2 saturated carbocycles. The van der Waals surface area contributed by atoms with E-state index in [4.69, 9.17) is 4.74 Å². The minimum atomic E-state index is 0.394. The Bertz CT molecular complexity index is 597. The van der Waals surface area contributed by atoms with Gasteiger partial charge >= 0.3 is 0 Å². The smallest absolute Gasteiger partial charge is 0.0602 e. The molecule has 4 atom stereocenters. The maximum absolute atomic E-state index is 5.51. The third-order valence-corrected chi connectivity index (χ3v) is 7.67. The molecule has 0 spiro atoms. The molecule has 5 rings (SSSR count). The monoisotopic (exact) mass is 398 g/mol. The quantitative estimate of drug-likeness (QED) is 0.437. The summed E-state index contributed by atoms with van der Waals surface area (Å²) in [5, 5.41) is 0. The zero-order valence-electron chi connectivity index (χ0n) is 20.0. The first kappa shape index (κ1) is 24.2. The highest BCUT2D eigenvalue weighted by Crippen LogP contribution is 2.51. The summed E-state index contributed by atoms with van der Waals surface area (Å²) < 4.78 is 5.51. The van der Waals surface area contributed by atoms with Crippen molar-refractivity contribution in [1.82, 2.24) is 0 Å². The molecule has 29 heavy (non-hydrogen) atoms. The molecule has 0 saturated heterocycles.